The minimum absolute atomic E-state index is 0. The molecule has 0 aromatic heterocycles. The summed E-state index contributed by atoms with van der Waals surface area (Å²) in [6, 6.07) is 29.4. The van der Waals surface area contributed by atoms with Crippen LogP contribution in [0, 0.1) is 0 Å². The van der Waals surface area contributed by atoms with E-state index in [4.69, 9.17) is 10.2 Å². The number of benzene rings is 3. The van der Waals surface area contributed by atoms with Crippen molar-refractivity contribution in [2.75, 3.05) is 0 Å². The predicted molar refractivity (Wildman–Crippen MR) is 82.7 cm³/mol. The van der Waals surface area contributed by atoms with Crippen LogP contribution in [0.3, 0.4) is 0 Å². The molecule has 0 heterocycles. The number of aromatic hydroxyl groups is 2. The van der Waals surface area contributed by atoms with E-state index >= 15 is 0 Å². The van der Waals surface area contributed by atoms with E-state index in [9.17, 15) is 0 Å². The van der Waals surface area contributed by atoms with Gasteiger partial charge in [-0.2, -0.15) is 0 Å². The van der Waals surface area contributed by atoms with E-state index in [0.29, 0.717) is 11.5 Å². The van der Waals surface area contributed by atoms with Crippen LogP contribution in [0.1, 0.15) is 0 Å². The molecular formula is C18H18O2Ti. The molecule has 0 bridgehead atoms. The van der Waals surface area contributed by atoms with E-state index in [-0.39, 0.29) is 21.7 Å². The molecule has 0 amide bonds. The van der Waals surface area contributed by atoms with Gasteiger partial charge in [-0.3, -0.25) is 0 Å². The summed E-state index contributed by atoms with van der Waals surface area (Å²) in [6.07, 6.45) is 0. The zero-order valence-corrected chi connectivity index (χ0v) is 13.2. The molecule has 3 rings (SSSR count). The molecule has 0 atom stereocenters. The Morgan fingerprint density at radius 1 is 0.381 bits per heavy atom. The van der Waals surface area contributed by atoms with Gasteiger partial charge < -0.3 is 10.2 Å². The van der Waals surface area contributed by atoms with Crippen LogP contribution in [0.2, 0.25) is 0 Å². The maximum Gasteiger partial charge on any atom is 0.115 e. The Balaban J connectivity index is 0.000000280. The predicted octanol–water partition coefficient (Wildman–Crippen LogP) is 4.47. The van der Waals surface area contributed by atoms with Crippen LogP contribution < -0.4 is 0 Å². The van der Waals surface area contributed by atoms with Crippen LogP contribution in [-0.4, -0.2) is 10.2 Å². The first kappa shape index (κ1) is 19.0. The van der Waals surface area contributed by atoms with Gasteiger partial charge in [-0.05, 0) is 24.3 Å². The molecule has 2 nitrogen and oxygen atoms in total. The molecule has 0 radical (unpaired) electrons. The molecule has 0 spiro atoms. The summed E-state index contributed by atoms with van der Waals surface area (Å²) in [4.78, 5) is 0. The van der Waals surface area contributed by atoms with Crippen LogP contribution in [0.25, 0.3) is 0 Å². The van der Waals surface area contributed by atoms with E-state index < -0.39 is 0 Å². The Hall–Kier alpha value is -2.03. The van der Waals surface area contributed by atoms with Gasteiger partial charge in [-0.25, -0.2) is 0 Å². The first-order chi connectivity index (χ1) is 9.79. The minimum atomic E-state index is 0. The van der Waals surface area contributed by atoms with Crippen molar-refractivity contribution in [1.82, 2.24) is 0 Å². The van der Waals surface area contributed by atoms with E-state index in [1.807, 2.05) is 48.5 Å². The van der Waals surface area contributed by atoms with Gasteiger partial charge in [-0.15, -0.1) is 0 Å². The first-order valence-electron chi connectivity index (χ1n) is 6.27. The molecule has 0 unspecified atom stereocenters. The van der Waals surface area contributed by atoms with Crippen LogP contribution >= 0.6 is 0 Å². The summed E-state index contributed by atoms with van der Waals surface area (Å²) >= 11 is 0. The van der Waals surface area contributed by atoms with Gasteiger partial charge in [0, 0.05) is 21.7 Å². The summed E-state index contributed by atoms with van der Waals surface area (Å²) in [5, 5.41) is 17.3. The summed E-state index contributed by atoms with van der Waals surface area (Å²) in [5.74, 6) is 0.644. The maximum absolute atomic E-state index is 8.63. The van der Waals surface area contributed by atoms with Crippen LogP contribution in [-0.2, 0) is 21.7 Å². The molecular weight excluding hydrogens is 296 g/mol. The largest absolute Gasteiger partial charge is 0.508 e. The van der Waals surface area contributed by atoms with Crippen molar-refractivity contribution in [2.45, 2.75) is 0 Å². The molecule has 3 aromatic rings. The molecule has 0 saturated heterocycles. The van der Waals surface area contributed by atoms with Crippen molar-refractivity contribution in [2.24, 2.45) is 0 Å². The van der Waals surface area contributed by atoms with Crippen LogP contribution in [0.15, 0.2) is 97.1 Å². The second kappa shape index (κ2) is 13.0. The van der Waals surface area contributed by atoms with Crippen molar-refractivity contribution in [3.05, 3.63) is 97.1 Å². The number of phenolic OH excluding ortho intramolecular Hbond substituents is 2. The van der Waals surface area contributed by atoms with E-state index in [1.54, 1.807) is 48.5 Å². The smallest absolute Gasteiger partial charge is 0.115 e. The average Bonchev–Trinajstić information content (AvgIpc) is 2.52. The molecule has 0 aliphatic heterocycles. The molecule has 0 fully saturated rings. The fraction of sp³-hybridized carbons (Fsp3) is 0. The Labute approximate surface area is 140 Å². The molecule has 21 heavy (non-hydrogen) atoms. The summed E-state index contributed by atoms with van der Waals surface area (Å²) < 4.78 is 0. The van der Waals surface area contributed by atoms with Crippen molar-refractivity contribution in [3.8, 4) is 11.5 Å². The van der Waals surface area contributed by atoms with Gasteiger partial charge in [0.2, 0.25) is 0 Å². The molecule has 3 heteroatoms. The molecule has 0 aliphatic rings. The Morgan fingerprint density at radius 2 is 0.571 bits per heavy atom. The molecule has 3 aromatic carbocycles. The number of para-hydroxylation sites is 2. The average molecular weight is 314 g/mol. The number of hydrogen-bond donors (Lipinski definition) is 2. The quantitative estimate of drug-likeness (QED) is 0.601. The number of phenols is 2. The third-order valence-electron chi connectivity index (χ3n) is 2.18. The Morgan fingerprint density at radius 3 is 0.714 bits per heavy atom. The minimum Gasteiger partial charge on any atom is -0.508 e. The fourth-order valence-corrected chi connectivity index (χ4v) is 1.24. The number of hydrogen-bond acceptors (Lipinski definition) is 2. The Bertz CT molecular complexity index is 478. The SMILES string of the molecule is Oc1ccccc1.Oc1ccccc1.[Ti].c1ccccc1. The molecule has 0 saturated carbocycles. The Kier molecular flexibility index (Phi) is 11.7. The van der Waals surface area contributed by atoms with Crippen LogP contribution in [0.4, 0.5) is 0 Å². The second-order valence-electron chi connectivity index (χ2n) is 3.83. The van der Waals surface area contributed by atoms with E-state index in [1.165, 1.54) is 0 Å². The maximum atomic E-state index is 8.63. The van der Waals surface area contributed by atoms with Crippen molar-refractivity contribution >= 4 is 0 Å². The summed E-state index contributed by atoms with van der Waals surface area (Å²) in [5.41, 5.74) is 0. The normalized spacial score (nSPS) is 8.00. The third kappa shape index (κ3) is 11.5. The van der Waals surface area contributed by atoms with Crippen molar-refractivity contribution in [1.29, 1.82) is 0 Å². The fourth-order valence-electron chi connectivity index (χ4n) is 1.24. The van der Waals surface area contributed by atoms with Crippen molar-refractivity contribution in [3.63, 3.8) is 0 Å². The standard InChI is InChI=1S/2C6H6O.C6H6.Ti/c2*7-6-4-2-1-3-5-6;1-2-4-6-5-3-1;/h2*1-5,7H;1-6H;. The van der Waals surface area contributed by atoms with Gasteiger partial charge >= 0.3 is 0 Å². The molecule has 0 aliphatic carbocycles. The van der Waals surface area contributed by atoms with Crippen molar-refractivity contribution < 1.29 is 31.9 Å². The molecule has 2 N–H and O–H groups in total. The zero-order chi connectivity index (χ0) is 14.5. The zero-order valence-electron chi connectivity index (χ0n) is 11.6. The third-order valence-corrected chi connectivity index (χ3v) is 2.18. The molecule has 106 valence electrons. The summed E-state index contributed by atoms with van der Waals surface area (Å²) in [6.45, 7) is 0. The van der Waals surface area contributed by atoms with Gasteiger partial charge in [0.1, 0.15) is 11.5 Å². The van der Waals surface area contributed by atoms with E-state index in [0.717, 1.165) is 0 Å². The van der Waals surface area contributed by atoms with Gasteiger partial charge in [-0.1, -0.05) is 72.8 Å². The van der Waals surface area contributed by atoms with Gasteiger partial charge in [0.25, 0.3) is 0 Å². The topological polar surface area (TPSA) is 40.5 Å². The van der Waals surface area contributed by atoms with Gasteiger partial charge in [0.05, 0.1) is 0 Å². The monoisotopic (exact) mass is 314 g/mol. The van der Waals surface area contributed by atoms with E-state index in [2.05, 4.69) is 0 Å². The summed E-state index contributed by atoms with van der Waals surface area (Å²) in [7, 11) is 0. The number of rotatable bonds is 0. The second-order valence-corrected chi connectivity index (χ2v) is 3.83. The van der Waals surface area contributed by atoms with Crippen LogP contribution in [0.5, 0.6) is 11.5 Å². The van der Waals surface area contributed by atoms with Gasteiger partial charge in [0.15, 0.2) is 0 Å². The first-order valence-corrected chi connectivity index (χ1v) is 6.27.